The number of nitrogens with zero attached hydrogens (tertiary/aromatic N) is 4. The first-order valence-electron chi connectivity index (χ1n) is 11.9. The van der Waals surface area contributed by atoms with E-state index < -0.39 is 18.0 Å². The summed E-state index contributed by atoms with van der Waals surface area (Å²) in [5.74, 6) is -0.415. The van der Waals surface area contributed by atoms with Crippen molar-refractivity contribution in [1.82, 2.24) is 20.1 Å². The predicted molar refractivity (Wildman–Crippen MR) is 129 cm³/mol. The van der Waals surface area contributed by atoms with Gasteiger partial charge in [-0.05, 0) is 93.1 Å². The Hall–Kier alpha value is -3.10. The van der Waals surface area contributed by atoms with Crippen LogP contribution in [0.2, 0.25) is 0 Å². The number of hydrogen-bond acceptors (Lipinski definition) is 7. The standard InChI is InChI=1S/C26H32N4O4/c1-34-20-7-8-24-22(16-20)21(10-13-27-24)25(31)9-6-18-11-15-30(17-23(18)26(32)33)14-3-5-19-4-2-12-28-29-19/h2,4,7-8,10,12-13,16,18,23,25,31H,3,5-6,9,11,14-15,17H2,1H3,(H,32,33)/t18-,23+,25?/m1/s1. The molecule has 1 saturated heterocycles. The summed E-state index contributed by atoms with van der Waals surface area (Å²) in [6.45, 7) is 2.27. The second kappa shape index (κ2) is 11.4. The normalized spacial score (nSPS) is 19.7. The Morgan fingerprint density at radius 3 is 2.91 bits per heavy atom. The molecule has 1 aliphatic heterocycles. The summed E-state index contributed by atoms with van der Waals surface area (Å²) in [4.78, 5) is 18.7. The highest BCUT2D eigenvalue weighted by atomic mass is 16.5. The number of hydrogen-bond donors (Lipinski definition) is 2. The minimum Gasteiger partial charge on any atom is -0.497 e. The van der Waals surface area contributed by atoms with Crippen LogP contribution in [0, 0.1) is 11.8 Å². The zero-order valence-electron chi connectivity index (χ0n) is 19.5. The highest BCUT2D eigenvalue weighted by Gasteiger charge is 2.34. The van der Waals surface area contributed by atoms with E-state index in [1.807, 2.05) is 36.4 Å². The summed E-state index contributed by atoms with van der Waals surface area (Å²) < 4.78 is 5.33. The average Bonchev–Trinajstić information content (AvgIpc) is 2.87. The molecular formula is C26H32N4O4. The molecule has 180 valence electrons. The fourth-order valence-electron chi connectivity index (χ4n) is 4.94. The molecule has 34 heavy (non-hydrogen) atoms. The van der Waals surface area contributed by atoms with Crippen molar-refractivity contribution in [2.75, 3.05) is 26.7 Å². The number of aliphatic carboxylic acids is 1. The molecule has 0 radical (unpaired) electrons. The molecule has 3 aromatic rings. The molecule has 0 aliphatic carbocycles. The van der Waals surface area contributed by atoms with Gasteiger partial charge in [-0.3, -0.25) is 9.78 Å². The van der Waals surface area contributed by atoms with E-state index in [-0.39, 0.29) is 5.92 Å². The molecule has 3 atom stereocenters. The molecule has 1 aliphatic rings. The van der Waals surface area contributed by atoms with Gasteiger partial charge in [0.2, 0.25) is 0 Å². The van der Waals surface area contributed by atoms with Gasteiger partial charge in [-0.1, -0.05) is 0 Å². The maximum atomic E-state index is 12.0. The van der Waals surface area contributed by atoms with Gasteiger partial charge in [0.1, 0.15) is 5.75 Å². The van der Waals surface area contributed by atoms with Crippen LogP contribution in [-0.4, -0.2) is 63.0 Å². The van der Waals surface area contributed by atoms with Crippen LogP contribution in [0.25, 0.3) is 10.9 Å². The van der Waals surface area contributed by atoms with Crippen molar-refractivity contribution in [3.63, 3.8) is 0 Å². The zero-order valence-corrected chi connectivity index (χ0v) is 19.5. The molecule has 1 unspecified atom stereocenters. The molecule has 4 rings (SSSR count). The van der Waals surface area contributed by atoms with Crippen molar-refractivity contribution in [3.8, 4) is 5.75 Å². The van der Waals surface area contributed by atoms with Gasteiger partial charge in [-0.25, -0.2) is 0 Å². The van der Waals surface area contributed by atoms with Crippen LogP contribution in [0.15, 0.2) is 48.8 Å². The number of rotatable bonds is 10. The van der Waals surface area contributed by atoms with E-state index in [0.717, 1.165) is 54.5 Å². The van der Waals surface area contributed by atoms with Gasteiger partial charge in [-0.15, -0.1) is 0 Å². The van der Waals surface area contributed by atoms with Crippen molar-refractivity contribution in [3.05, 3.63) is 60.0 Å². The minimum atomic E-state index is -0.753. The van der Waals surface area contributed by atoms with Gasteiger partial charge >= 0.3 is 5.97 Å². The van der Waals surface area contributed by atoms with E-state index in [0.29, 0.717) is 25.1 Å². The van der Waals surface area contributed by atoms with Crippen LogP contribution in [0.5, 0.6) is 5.75 Å². The summed E-state index contributed by atoms with van der Waals surface area (Å²) in [5, 5.41) is 29.7. The van der Waals surface area contributed by atoms with Crippen molar-refractivity contribution in [2.45, 2.75) is 38.2 Å². The third kappa shape index (κ3) is 5.87. The number of fused-ring (bicyclic) bond motifs is 1. The van der Waals surface area contributed by atoms with Crippen molar-refractivity contribution in [2.24, 2.45) is 11.8 Å². The van der Waals surface area contributed by atoms with E-state index in [1.165, 1.54) is 0 Å². The number of aliphatic hydroxyl groups excluding tert-OH is 1. The second-order valence-electron chi connectivity index (χ2n) is 8.99. The second-order valence-corrected chi connectivity index (χ2v) is 8.99. The molecule has 1 fully saturated rings. The number of pyridine rings is 1. The zero-order chi connectivity index (χ0) is 23.9. The largest absolute Gasteiger partial charge is 0.497 e. The molecule has 8 heteroatoms. The lowest BCUT2D eigenvalue weighted by Gasteiger charge is -2.37. The number of methoxy groups -OCH3 is 1. The van der Waals surface area contributed by atoms with Gasteiger partial charge in [0.25, 0.3) is 0 Å². The van der Waals surface area contributed by atoms with Gasteiger partial charge < -0.3 is 19.8 Å². The average molecular weight is 465 g/mol. The topological polar surface area (TPSA) is 109 Å². The molecule has 8 nitrogen and oxygen atoms in total. The monoisotopic (exact) mass is 464 g/mol. The van der Waals surface area contributed by atoms with E-state index in [9.17, 15) is 15.0 Å². The number of piperidine rings is 1. The van der Waals surface area contributed by atoms with Crippen LogP contribution < -0.4 is 4.74 Å². The smallest absolute Gasteiger partial charge is 0.308 e. The Kier molecular flexibility index (Phi) is 8.03. The van der Waals surface area contributed by atoms with Crippen molar-refractivity contribution >= 4 is 16.9 Å². The number of ether oxygens (including phenoxy) is 1. The van der Waals surface area contributed by atoms with E-state index in [2.05, 4.69) is 20.1 Å². The van der Waals surface area contributed by atoms with Crippen molar-refractivity contribution < 1.29 is 19.7 Å². The lowest BCUT2D eigenvalue weighted by atomic mass is 9.81. The lowest BCUT2D eigenvalue weighted by Crippen LogP contribution is -2.44. The molecule has 0 saturated carbocycles. The maximum Gasteiger partial charge on any atom is 0.308 e. The number of aromatic nitrogens is 3. The number of aryl methyl sites for hydroxylation is 1. The molecule has 2 aromatic heterocycles. The Balaban J connectivity index is 1.34. The van der Waals surface area contributed by atoms with Gasteiger partial charge in [-0.2, -0.15) is 10.2 Å². The van der Waals surface area contributed by atoms with Gasteiger partial charge in [0.05, 0.1) is 30.3 Å². The fraction of sp³-hybridized carbons (Fsp3) is 0.462. The first-order chi connectivity index (χ1) is 16.5. The Morgan fingerprint density at radius 1 is 1.26 bits per heavy atom. The third-order valence-corrected chi connectivity index (χ3v) is 6.84. The minimum absolute atomic E-state index is 0.0472. The molecular weight excluding hydrogens is 432 g/mol. The molecule has 0 amide bonds. The first kappa shape index (κ1) is 24.0. The summed E-state index contributed by atoms with van der Waals surface area (Å²) in [7, 11) is 1.61. The maximum absolute atomic E-state index is 12.0. The first-order valence-corrected chi connectivity index (χ1v) is 11.9. The number of likely N-dealkylation sites (tertiary alicyclic amines) is 1. The predicted octanol–water partition coefficient (Wildman–Crippen LogP) is 3.50. The SMILES string of the molecule is COc1ccc2nccc(C(O)CC[C@@H]3CCN(CCCc4cccnn4)C[C@@H]3C(=O)O)c2c1. The molecule has 0 spiro atoms. The summed E-state index contributed by atoms with van der Waals surface area (Å²) >= 11 is 0. The number of benzene rings is 1. The Bertz CT molecular complexity index is 1090. The highest BCUT2D eigenvalue weighted by Crippen LogP contribution is 2.33. The fourth-order valence-corrected chi connectivity index (χ4v) is 4.94. The van der Waals surface area contributed by atoms with Crippen LogP contribution >= 0.6 is 0 Å². The van der Waals surface area contributed by atoms with Crippen molar-refractivity contribution in [1.29, 1.82) is 0 Å². The summed E-state index contributed by atoms with van der Waals surface area (Å²) in [6, 6.07) is 11.3. The Labute approximate surface area is 199 Å². The summed E-state index contributed by atoms with van der Waals surface area (Å²) in [6.07, 6.45) is 6.44. The summed E-state index contributed by atoms with van der Waals surface area (Å²) in [5.41, 5.74) is 2.56. The number of aliphatic hydroxyl groups is 1. The molecule has 0 bridgehead atoms. The number of carbonyl (C=O) groups is 1. The van der Waals surface area contributed by atoms with Gasteiger partial charge in [0, 0.05) is 24.3 Å². The quantitative estimate of drug-likeness (QED) is 0.469. The molecule has 3 heterocycles. The van der Waals surface area contributed by atoms with Gasteiger partial charge in [0.15, 0.2) is 0 Å². The molecule has 1 aromatic carbocycles. The Morgan fingerprint density at radius 2 is 2.15 bits per heavy atom. The van der Waals surface area contributed by atoms with Crippen LogP contribution in [-0.2, 0) is 11.2 Å². The molecule has 2 N–H and O–H groups in total. The number of carboxylic acids is 1. The number of carboxylic acid groups (broad SMARTS) is 1. The van der Waals surface area contributed by atoms with E-state index in [1.54, 1.807) is 19.5 Å². The van der Waals surface area contributed by atoms with Crippen LogP contribution in [0.3, 0.4) is 0 Å². The van der Waals surface area contributed by atoms with E-state index >= 15 is 0 Å². The van der Waals surface area contributed by atoms with Crippen LogP contribution in [0.1, 0.15) is 43.0 Å². The van der Waals surface area contributed by atoms with E-state index in [4.69, 9.17) is 4.74 Å². The van der Waals surface area contributed by atoms with Crippen LogP contribution in [0.4, 0.5) is 0 Å². The lowest BCUT2D eigenvalue weighted by molar-refractivity contribution is -0.146. The third-order valence-electron chi connectivity index (χ3n) is 6.84. The highest BCUT2D eigenvalue weighted by molar-refractivity contribution is 5.83.